The minimum Gasteiger partial charge on any atom is -0.375 e. The molecule has 1 aliphatic carbocycles. The number of ether oxygens (including phenoxy) is 1. The lowest BCUT2D eigenvalue weighted by Crippen LogP contribution is -2.50. The highest BCUT2D eigenvalue weighted by atomic mass is 16.5. The third-order valence-electron chi connectivity index (χ3n) is 5.61. The first-order chi connectivity index (χ1) is 12.7. The number of hydrogen-bond acceptors (Lipinski definition) is 5. The maximum atomic E-state index is 12.6. The molecule has 1 aromatic carbocycles. The van der Waals surface area contributed by atoms with Gasteiger partial charge in [0.1, 0.15) is 19.2 Å². The van der Waals surface area contributed by atoms with Crippen LogP contribution in [0.3, 0.4) is 0 Å². The molecule has 2 aliphatic rings. The van der Waals surface area contributed by atoms with E-state index in [2.05, 4.69) is 38.9 Å². The molecule has 2 N–H and O–H groups in total. The molecule has 7 heteroatoms. The van der Waals surface area contributed by atoms with Gasteiger partial charge in [0.15, 0.2) is 0 Å². The summed E-state index contributed by atoms with van der Waals surface area (Å²) in [6.45, 7) is 4.75. The molecule has 26 heavy (non-hydrogen) atoms. The number of nitrogens with zero attached hydrogens (tertiary/aromatic N) is 3. The molecule has 1 spiro atoms. The van der Waals surface area contributed by atoms with Crippen LogP contribution in [-0.2, 0) is 21.5 Å². The third kappa shape index (κ3) is 2.91. The fourth-order valence-corrected chi connectivity index (χ4v) is 4.55. The van der Waals surface area contributed by atoms with Crippen molar-refractivity contribution in [3.63, 3.8) is 0 Å². The standard InChI is InChI=1S/C19H25N5O2/c1-2-26-18-17(23-16(25)11-24-13-21-12-22-24)14-5-3-4-6-15(14)19(18)7-9-20-10-8-19/h3-6,12-13,17-18,20H,2,7-11H2,1H3,(H,23,25)/t17-,18+/m1/s1. The fourth-order valence-electron chi connectivity index (χ4n) is 4.55. The predicted octanol–water partition coefficient (Wildman–Crippen LogP) is 1.18. The zero-order valence-corrected chi connectivity index (χ0v) is 15.0. The minimum atomic E-state index is -0.139. The van der Waals surface area contributed by atoms with Gasteiger partial charge >= 0.3 is 0 Å². The lowest BCUT2D eigenvalue weighted by Gasteiger charge is -2.41. The minimum absolute atomic E-state index is 0.0386. The summed E-state index contributed by atoms with van der Waals surface area (Å²) in [4.78, 5) is 16.5. The van der Waals surface area contributed by atoms with Crippen LogP contribution in [0.25, 0.3) is 0 Å². The predicted molar refractivity (Wildman–Crippen MR) is 96.5 cm³/mol. The van der Waals surface area contributed by atoms with Gasteiger partial charge in [-0.25, -0.2) is 9.67 Å². The summed E-state index contributed by atoms with van der Waals surface area (Å²) in [6.07, 6.45) is 4.97. The van der Waals surface area contributed by atoms with Crippen LogP contribution in [0.2, 0.25) is 0 Å². The van der Waals surface area contributed by atoms with Crippen molar-refractivity contribution in [2.24, 2.45) is 0 Å². The van der Waals surface area contributed by atoms with Crippen LogP contribution in [0.4, 0.5) is 0 Å². The van der Waals surface area contributed by atoms with E-state index in [0.717, 1.165) is 25.9 Å². The molecule has 2 heterocycles. The second kappa shape index (κ2) is 7.17. The van der Waals surface area contributed by atoms with E-state index in [9.17, 15) is 4.79 Å². The Bertz CT molecular complexity index is 755. The SMILES string of the molecule is CCO[C@H]1[C@H](NC(=O)Cn2cncn2)c2ccccc2C12CCNCC2. The molecule has 4 rings (SSSR count). The van der Waals surface area contributed by atoms with Gasteiger partial charge in [-0.05, 0) is 44.0 Å². The second-order valence-corrected chi connectivity index (χ2v) is 7.01. The van der Waals surface area contributed by atoms with E-state index < -0.39 is 0 Å². The zero-order chi connectivity index (χ0) is 18.0. The molecule has 2 atom stereocenters. The van der Waals surface area contributed by atoms with Gasteiger partial charge in [-0.3, -0.25) is 4.79 Å². The highest BCUT2D eigenvalue weighted by molar-refractivity contribution is 5.76. The molecule has 1 saturated heterocycles. The monoisotopic (exact) mass is 355 g/mol. The molecule has 1 fully saturated rings. The molecule has 0 bridgehead atoms. The van der Waals surface area contributed by atoms with Crippen LogP contribution in [0.5, 0.6) is 0 Å². The first kappa shape index (κ1) is 17.2. The van der Waals surface area contributed by atoms with Crippen LogP contribution in [0, 0.1) is 0 Å². The number of carbonyl (C=O) groups excluding carboxylic acids is 1. The van der Waals surface area contributed by atoms with Gasteiger partial charge in [-0.2, -0.15) is 5.10 Å². The van der Waals surface area contributed by atoms with Crippen LogP contribution in [-0.4, -0.2) is 46.5 Å². The quantitative estimate of drug-likeness (QED) is 0.842. The van der Waals surface area contributed by atoms with E-state index >= 15 is 0 Å². The van der Waals surface area contributed by atoms with Crippen LogP contribution >= 0.6 is 0 Å². The van der Waals surface area contributed by atoms with Gasteiger partial charge in [0.25, 0.3) is 0 Å². The van der Waals surface area contributed by atoms with Crippen molar-refractivity contribution in [1.82, 2.24) is 25.4 Å². The summed E-state index contributed by atoms with van der Waals surface area (Å²) in [5.41, 5.74) is 2.47. The van der Waals surface area contributed by atoms with Gasteiger partial charge in [-0.15, -0.1) is 0 Å². The Hall–Kier alpha value is -2.25. The normalized spacial score (nSPS) is 23.7. The summed E-state index contributed by atoms with van der Waals surface area (Å²) in [5, 5.41) is 10.7. The van der Waals surface area contributed by atoms with Crippen molar-refractivity contribution in [3.05, 3.63) is 48.0 Å². The van der Waals surface area contributed by atoms with E-state index in [1.807, 2.05) is 13.0 Å². The van der Waals surface area contributed by atoms with Crippen molar-refractivity contribution < 1.29 is 9.53 Å². The maximum absolute atomic E-state index is 12.6. The fraction of sp³-hybridized carbons (Fsp3) is 0.526. The Morgan fingerprint density at radius 2 is 2.19 bits per heavy atom. The number of carbonyl (C=O) groups is 1. The molecule has 0 unspecified atom stereocenters. The molecule has 1 amide bonds. The molecule has 2 aromatic rings. The van der Waals surface area contributed by atoms with Crippen LogP contribution in [0.1, 0.15) is 36.9 Å². The summed E-state index contributed by atoms with van der Waals surface area (Å²) in [5.74, 6) is -0.0778. The number of hydrogen-bond donors (Lipinski definition) is 2. The van der Waals surface area contributed by atoms with Gasteiger partial charge < -0.3 is 15.4 Å². The Labute approximate surface area is 153 Å². The number of aromatic nitrogens is 3. The Morgan fingerprint density at radius 1 is 1.38 bits per heavy atom. The number of nitrogens with one attached hydrogen (secondary N) is 2. The molecular weight excluding hydrogens is 330 g/mol. The zero-order valence-electron chi connectivity index (χ0n) is 15.0. The van der Waals surface area contributed by atoms with E-state index in [0.29, 0.717) is 6.61 Å². The molecule has 0 radical (unpaired) electrons. The molecule has 138 valence electrons. The summed E-state index contributed by atoms with van der Waals surface area (Å²) < 4.78 is 7.78. The van der Waals surface area contributed by atoms with E-state index in [-0.39, 0.29) is 30.0 Å². The first-order valence-corrected chi connectivity index (χ1v) is 9.28. The maximum Gasteiger partial charge on any atom is 0.242 e. The third-order valence-corrected chi connectivity index (χ3v) is 5.61. The van der Waals surface area contributed by atoms with Crippen LogP contribution in [0.15, 0.2) is 36.9 Å². The second-order valence-electron chi connectivity index (χ2n) is 7.01. The number of rotatable bonds is 5. The van der Waals surface area contributed by atoms with Crippen molar-refractivity contribution in [2.45, 2.75) is 43.9 Å². The van der Waals surface area contributed by atoms with Crippen molar-refractivity contribution in [2.75, 3.05) is 19.7 Å². The summed E-state index contributed by atoms with van der Waals surface area (Å²) >= 11 is 0. The average molecular weight is 355 g/mol. The van der Waals surface area contributed by atoms with Gasteiger partial charge in [0.2, 0.25) is 5.91 Å². The lowest BCUT2D eigenvalue weighted by atomic mass is 9.72. The van der Waals surface area contributed by atoms with Gasteiger partial charge in [0.05, 0.1) is 12.1 Å². The van der Waals surface area contributed by atoms with Crippen molar-refractivity contribution >= 4 is 5.91 Å². The number of benzene rings is 1. The number of piperidine rings is 1. The largest absolute Gasteiger partial charge is 0.375 e. The Kier molecular flexibility index (Phi) is 4.74. The first-order valence-electron chi connectivity index (χ1n) is 9.28. The topological polar surface area (TPSA) is 81.1 Å². The number of fused-ring (bicyclic) bond motifs is 2. The summed E-state index contributed by atoms with van der Waals surface area (Å²) in [6, 6.07) is 8.32. The smallest absolute Gasteiger partial charge is 0.242 e. The Balaban J connectivity index is 1.64. The van der Waals surface area contributed by atoms with Gasteiger partial charge in [0, 0.05) is 12.0 Å². The van der Waals surface area contributed by atoms with Crippen molar-refractivity contribution in [3.8, 4) is 0 Å². The highest BCUT2D eigenvalue weighted by Gasteiger charge is 2.53. The van der Waals surface area contributed by atoms with Gasteiger partial charge in [-0.1, -0.05) is 24.3 Å². The molecule has 0 saturated carbocycles. The number of amides is 1. The highest BCUT2D eigenvalue weighted by Crippen LogP contribution is 2.51. The average Bonchev–Trinajstić information content (AvgIpc) is 3.25. The van der Waals surface area contributed by atoms with E-state index in [1.165, 1.54) is 22.1 Å². The van der Waals surface area contributed by atoms with Crippen LogP contribution < -0.4 is 10.6 Å². The van der Waals surface area contributed by atoms with E-state index in [4.69, 9.17) is 4.74 Å². The lowest BCUT2D eigenvalue weighted by molar-refractivity contribution is -0.124. The molecule has 7 nitrogen and oxygen atoms in total. The van der Waals surface area contributed by atoms with Crippen molar-refractivity contribution in [1.29, 1.82) is 0 Å². The molecule has 1 aromatic heterocycles. The van der Waals surface area contributed by atoms with E-state index in [1.54, 1.807) is 6.33 Å². The Morgan fingerprint density at radius 3 is 2.92 bits per heavy atom. The molecule has 1 aliphatic heterocycles. The summed E-state index contributed by atoms with van der Waals surface area (Å²) in [7, 11) is 0. The molecular formula is C19H25N5O2.